The van der Waals surface area contributed by atoms with Crippen LogP contribution in [0.5, 0.6) is 0 Å². The van der Waals surface area contributed by atoms with Gasteiger partial charge in [0, 0.05) is 44.2 Å². The highest BCUT2D eigenvalue weighted by Crippen LogP contribution is 2.60. The Balaban J connectivity index is 1.73. The maximum atomic E-state index is 14.3. The third-order valence-electron chi connectivity index (χ3n) is 7.90. The Hall–Kier alpha value is -2.49. The van der Waals surface area contributed by atoms with Crippen LogP contribution in [-0.2, 0) is 25.7 Å². The zero-order valence-electron chi connectivity index (χ0n) is 22.0. The molecule has 0 radical (unpaired) electrons. The van der Waals surface area contributed by atoms with Crippen molar-refractivity contribution in [1.82, 2.24) is 14.7 Å². The molecule has 3 amide bonds. The number of amides is 3. The number of likely N-dealkylation sites (tertiary alicyclic amines) is 1. The van der Waals surface area contributed by atoms with E-state index in [-0.39, 0.29) is 35.7 Å². The van der Waals surface area contributed by atoms with Crippen molar-refractivity contribution in [1.29, 1.82) is 0 Å². The third-order valence-corrected chi connectivity index (χ3v) is 8.74. The van der Waals surface area contributed by atoms with E-state index in [0.717, 1.165) is 12.0 Å². The quantitative estimate of drug-likeness (QED) is 0.283. The van der Waals surface area contributed by atoms with Gasteiger partial charge in [-0.25, -0.2) is 0 Å². The molecule has 6 atom stereocenters. The summed E-state index contributed by atoms with van der Waals surface area (Å²) in [6, 6.07) is 8.79. The molecule has 1 spiro atoms. The second kappa shape index (κ2) is 12.1. The Bertz CT molecular complexity index is 1050. The molecule has 3 unspecified atom stereocenters. The van der Waals surface area contributed by atoms with Gasteiger partial charge in [0.15, 0.2) is 0 Å². The highest BCUT2D eigenvalue weighted by Gasteiger charge is 2.76. The molecule has 2 bridgehead atoms. The van der Waals surface area contributed by atoms with Crippen molar-refractivity contribution in [3.05, 3.63) is 61.2 Å². The van der Waals surface area contributed by atoms with Gasteiger partial charge in [0.05, 0.1) is 17.9 Å². The largest absolute Gasteiger partial charge is 0.396 e. The molecule has 0 aliphatic carbocycles. The summed E-state index contributed by atoms with van der Waals surface area (Å²) in [5.41, 5.74) is -0.156. The Kier molecular flexibility index (Phi) is 9.11. The standard InChI is InChI=1S/C29H38BrN3O5/c1-4-13-31(14-5-2)26(35)22-23-27(36)33(16-10-17-34)25(29(23)18-21(30)24(22)38-29)28(37)32(15-6-3)19-20-11-8-7-9-12-20/h4,6-9,11-12,21-25,34H,1,3,5,10,13-19H2,2H3/t21?,22-,23-,24-,25?,29?/m0/s1. The van der Waals surface area contributed by atoms with Crippen LogP contribution in [0.1, 0.15) is 31.7 Å². The SMILES string of the molecule is C=CCN(Cc1ccccc1)C(=O)C1N(CCCO)C(=O)[C@@H]2[C@H](C(=O)N(CC=C)CCC)[C@H]3OC12CC3Br. The minimum Gasteiger partial charge on any atom is -0.396 e. The van der Waals surface area contributed by atoms with Crippen molar-refractivity contribution in [2.75, 3.05) is 32.8 Å². The zero-order chi connectivity index (χ0) is 27.4. The normalized spacial score (nSPS) is 29.3. The number of rotatable bonds is 13. The number of nitrogens with zero attached hydrogens (tertiary/aromatic N) is 3. The van der Waals surface area contributed by atoms with Crippen LogP contribution < -0.4 is 0 Å². The predicted octanol–water partition coefficient (Wildman–Crippen LogP) is 2.76. The number of aliphatic hydroxyl groups excluding tert-OH is 1. The van der Waals surface area contributed by atoms with Crippen molar-refractivity contribution in [2.24, 2.45) is 11.8 Å². The number of benzene rings is 1. The molecule has 3 heterocycles. The molecule has 3 fully saturated rings. The van der Waals surface area contributed by atoms with Gasteiger partial charge in [0.2, 0.25) is 17.7 Å². The lowest BCUT2D eigenvalue weighted by molar-refractivity contribution is -0.149. The van der Waals surface area contributed by atoms with Crippen molar-refractivity contribution in [2.45, 2.75) is 55.3 Å². The predicted molar refractivity (Wildman–Crippen MR) is 148 cm³/mol. The van der Waals surface area contributed by atoms with Crippen molar-refractivity contribution in [3.8, 4) is 0 Å². The first-order valence-electron chi connectivity index (χ1n) is 13.4. The number of hydrogen-bond acceptors (Lipinski definition) is 5. The van der Waals surface area contributed by atoms with E-state index >= 15 is 0 Å². The van der Waals surface area contributed by atoms with Gasteiger partial charge in [0.1, 0.15) is 11.6 Å². The highest BCUT2D eigenvalue weighted by molar-refractivity contribution is 9.09. The van der Waals surface area contributed by atoms with Crippen LogP contribution in [0, 0.1) is 11.8 Å². The molecule has 0 aromatic heterocycles. The van der Waals surface area contributed by atoms with Gasteiger partial charge < -0.3 is 24.5 Å². The van der Waals surface area contributed by atoms with E-state index in [4.69, 9.17) is 4.74 Å². The van der Waals surface area contributed by atoms with E-state index < -0.39 is 29.6 Å². The summed E-state index contributed by atoms with van der Waals surface area (Å²) in [5.74, 6) is -2.06. The lowest BCUT2D eigenvalue weighted by Gasteiger charge is -2.37. The molecule has 1 N–H and O–H groups in total. The van der Waals surface area contributed by atoms with Gasteiger partial charge in [-0.2, -0.15) is 0 Å². The van der Waals surface area contributed by atoms with Gasteiger partial charge in [-0.15, -0.1) is 13.2 Å². The third kappa shape index (κ3) is 4.96. The Morgan fingerprint density at radius 2 is 1.87 bits per heavy atom. The molecule has 3 aliphatic rings. The molecule has 206 valence electrons. The van der Waals surface area contributed by atoms with E-state index in [9.17, 15) is 19.5 Å². The van der Waals surface area contributed by atoms with E-state index in [1.807, 2.05) is 37.3 Å². The molecular weight excluding hydrogens is 550 g/mol. The molecule has 8 nitrogen and oxygen atoms in total. The van der Waals surface area contributed by atoms with E-state index in [1.54, 1.807) is 26.9 Å². The number of halogens is 1. The van der Waals surface area contributed by atoms with Gasteiger partial charge in [0.25, 0.3) is 0 Å². The van der Waals surface area contributed by atoms with Gasteiger partial charge in [-0.05, 0) is 24.8 Å². The lowest BCUT2D eigenvalue weighted by Crippen LogP contribution is -2.57. The topological polar surface area (TPSA) is 90.4 Å². The second-order valence-corrected chi connectivity index (χ2v) is 11.5. The molecule has 3 aliphatic heterocycles. The van der Waals surface area contributed by atoms with Crippen LogP contribution in [-0.4, -0.2) is 92.9 Å². The summed E-state index contributed by atoms with van der Waals surface area (Å²) < 4.78 is 6.61. The summed E-state index contributed by atoms with van der Waals surface area (Å²) in [5, 5.41) is 9.58. The zero-order valence-corrected chi connectivity index (χ0v) is 23.6. The Labute approximate surface area is 233 Å². The number of carbonyl (C=O) groups is 3. The van der Waals surface area contributed by atoms with Crippen LogP contribution >= 0.6 is 15.9 Å². The van der Waals surface area contributed by atoms with Crippen molar-refractivity contribution < 1.29 is 24.2 Å². The average Bonchev–Trinajstić information content (AvgIpc) is 3.50. The molecule has 9 heteroatoms. The summed E-state index contributed by atoms with van der Waals surface area (Å²) >= 11 is 3.73. The minimum atomic E-state index is -1.12. The second-order valence-electron chi connectivity index (χ2n) is 10.3. The fourth-order valence-corrected chi connectivity index (χ4v) is 7.41. The first-order valence-corrected chi connectivity index (χ1v) is 14.3. The average molecular weight is 589 g/mol. The van der Waals surface area contributed by atoms with Crippen LogP contribution in [0.4, 0.5) is 0 Å². The molecule has 1 aromatic rings. The summed E-state index contributed by atoms with van der Waals surface area (Å²) in [4.78, 5) is 47.1. The molecule has 38 heavy (non-hydrogen) atoms. The van der Waals surface area contributed by atoms with Crippen molar-refractivity contribution in [3.63, 3.8) is 0 Å². The maximum Gasteiger partial charge on any atom is 0.248 e. The smallest absolute Gasteiger partial charge is 0.248 e. The molecule has 3 saturated heterocycles. The molecular formula is C29H38BrN3O5. The number of hydrogen-bond donors (Lipinski definition) is 1. The monoisotopic (exact) mass is 587 g/mol. The van der Waals surface area contributed by atoms with Crippen LogP contribution in [0.15, 0.2) is 55.6 Å². The number of fused-ring (bicyclic) bond motifs is 1. The maximum absolute atomic E-state index is 14.3. The van der Waals surface area contributed by atoms with Gasteiger partial charge in [-0.3, -0.25) is 14.4 Å². The van der Waals surface area contributed by atoms with Crippen LogP contribution in [0.2, 0.25) is 0 Å². The molecule has 4 rings (SSSR count). The number of alkyl halides is 1. The van der Waals surface area contributed by atoms with Gasteiger partial charge in [-0.1, -0.05) is 65.3 Å². The van der Waals surface area contributed by atoms with Crippen molar-refractivity contribution >= 4 is 33.7 Å². The Morgan fingerprint density at radius 1 is 1.18 bits per heavy atom. The molecule has 0 saturated carbocycles. The van der Waals surface area contributed by atoms with E-state index in [0.29, 0.717) is 39.0 Å². The minimum absolute atomic E-state index is 0.112. The fraction of sp³-hybridized carbons (Fsp3) is 0.552. The van der Waals surface area contributed by atoms with Crippen LogP contribution in [0.3, 0.4) is 0 Å². The highest BCUT2D eigenvalue weighted by atomic mass is 79.9. The van der Waals surface area contributed by atoms with E-state index in [1.165, 1.54) is 0 Å². The first kappa shape index (κ1) is 28.5. The number of aliphatic hydroxyl groups is 1. The van der Waals surface area contributed by atoms with E-state index in [2.05, 4.69) is 29.1 Å². The molecule has 1 aromatic carbocycles. The summed E-state index contributed by atoms with van der Waals surface area (Å²) in [6.45, 7) is 11.3. The van der Waals surface area contributed by atoms with Gasteiger partial charge >= 0.3 is 0 Å². The fourth-order valence-electron chi connectivity index (χ4n) is 6.47. The first-order chi connectivity index (χ1) is 18.3. The van der Waals surface area contributed by atoms with Crippen LogP contribution in [0.25, 0.3) is 0 Å². The number of carbonyl (C=O) groups excluding carboxylic acids is 3. The number of ether oxygens (including phenoxy) is 1. The lowest BCUT2D eigenvalue weighted by atomic mass is 9.70. The summed E-state index contributed by atoms with van der Waals surface area (Å²) in [7, 11) is 0. The Morgan fingerprint density at radius 3 is 2.50 bits per heavy atom. The summed E-state index contributed by atoms with van der Waals surface area (Å²) in [6.07, 6.45) is 4.42.